The third-order valence-electron chi connectivity index (χ3n) is 3.13. The minimum atomic E-state index is -4.82. The van der Waals surface area contributed by atoms with Crippen LogP contribution in [0.5, 0.6) is 17.2 Å². The molecule has 0 atom stereocenters. The van der Waals surface area contributed by atoms with E-state index in [0.717, 1.165) is 36.7 Å². The Labute approximate surface area is 181 Å². The molecule has 0 saturated carbocycles. The molecule has 0 saturated heterocycles. The number of para-hydroxylation sites is 1. The van der Waals surface area contributed by atoms with Crippen molar-refractivity contribution >= 4 is 17.7 Å². The summed E-state index contributed by atoms with van der Waals surface area (Å²) in [5, 5.41) is 2.20. The summed E-state index contributed by atoms with van der Waals surface area (Å²) in [7, 11) is 0. The van der Waals surface area contributed by atoms with E-state index in [9.17, 15) is 31.1 Å². The van der Waals surface area contributed by atoms with Crippen LogP contribution in [0.2, 0.25) is 0 Å². The van der Waals surface area contributed by atoms with Crippen molar-refractivity contribution in [2.45, 2.75) is 12.7 Å². The van der Waals surface area contributed by atoms with Gasteiger partial charge in [0.15, 0.2) is 0 Å². The lowest BCUT2D eigenvalue weighted by Crippen LogP contribution is -2.19. The summed E-state index contributed by atoms with van der Waals surface area (Å²) in [6.07, 6.45) is -8.18. The number of nitrogens with one attached hydrogen (secondary N) is 1. The fraction of sp³-hybridized carbons (Fsp3) is 0.105. The summed E-state index contributed by atoms with van der Waals surface area (Å²) in [5.74, 6) is -0.713. The van der Waals surface area contributed by atoms with Gasteiger partial charge in [-0.3, -0.25) is 5.32 Å². The smallest absolute Gasteiger partial charge is 0.410 e. The van der Waals surface area contributed by atoms with E-state index in [0.29, 0.717) is 0 Å². The maximum absolute atomic E-state index is 12.1. The topological polar surface area (TPSA) is 109 Å². The first-order valence-corrected chi connectivity index (χ1v) is 8.62. The molecule has 3 N–H and O–H groups in total. The number of hydrogen-bond acceptors (Lipinski definition) is 7. The SMILES string of the molecule is Nc1cc(OC(F)(F)F)ccn1.O=C(Nc1cc(OC(F)(F)F)ccn1)Oc1ccccc1. The number of nitrogens with zero attached hydrogens (tertiary/aromatic N) is 2. The van der Waals surface area contributed by atoms with E-state index in [-0.39, 0.29) is 23.1 Å². The monoisotopic (exact) mass is 476 g/mol. The number of ether oxygens (including phenoxy) is 3. The first-order valence-electron chi connectivity index (χ1n) is 8.62. The highest BCUT2D eigenvalue weighted by Gasteiger charge is 2.31. The Bertz CT molecular complexity index is 1050. The molecule has 3 aromatic rings. The molecule has 0 radical (unpaired) electrons. The van der Waals surface area contributed by atoms with Crippen molar-refractivity contribution < 1.29 is 45.3 Å². The Kier molecular flexibility index (Phi) is 8.25. The van der Waals surface area contributed by atoms with Crippen LogP contribution in [0.3, 0.4) is 0 Å². The van der Waals surface area contributed by atoms with Crippen LogP contribution in [0.15, 0.2) is 67.0 Å². The van der Waals surface area contributed by atoms with Crippen molar-refractivity contribution in [3.05, 3.63) is 67.0 Å². The van der Waals surface area contributed by atoms with Gasteiger partial charge in [0.05, 0.1) is 0 Å². The second-order valence-corrected chi connectivity index (χ2v) is 5.72. The highest BCUT2D eigenvalue weighted by molar-refractivity contribution is 5.85. The van der Waals surface area contributed by atoms with Crippen LogP contribution in [0.4, 0.5) is 42.8 Å². The minimum Gasteiger partial charge on any atom is -0.410 e. The van der Waals surface area contributed by atoms with Crippen molar-refractivity contribution in [1.82, 2.24) is 9.97 Å². The normalized spacial score (nSPS) is 11.0. The highest BCUT2D eigenvalue weighted by atomic mass is 19.4. The summed E-state index contributed by atoms with van der Waals surface area (Å²) in [5.41, 5.74) is 5.12. The number of amides is 1. The first kappa shape index (κ1) is 25.0. The van der Waals surface area contributed by atoms with Gasteiger partial charge in [0.1, 0.15) is 28.9 Å². The number of nitrogen functional groups attached to an aromatic ring is 1. The van der Waals surface area contributed by atoms with Crippen LogP contribution < -0.4 is 25.3 Å². The van der Waals surface area contributed by atoms with Gasteiger partial charge >= 0.3 is 18.8 Å². The number of halogens is 6. The number of hydrogen-bond donors (Lipinski definition) is 2. The molecule has 14 heteroatoms. The zero-order valence-electron chi connectivity index (χ0n) is 16.2. The standard InChI is InChI=1S/C13H9F3N2O3.C6H5F3N2O/c14-13(15,16)21-10-6-7-17-11(8-10)18-12(19)20-9-4-2-1-3-5-9;7-6(8,9)12-4-1-2-11-5(10)3-4/h1-8H,(H,17,18,19);1-3H,(H2,10,11). The van der Waals surface area contributed by atoms with Crippen LogP contribution in [0.25, 0.3) is 0 Å². The second kappa shape index (κ2) is 10.9. The highest BCUT2D eigenvalue weighted by Crippen LogP contribution is 2.24. The lowest BCUT2D eigenvalue weighted by atomic mass is 10.3. The molecule has 2 heterocycles. The summed E-state index contributed by atoms with van der Waals surface area (Å²) in [6, 6.07) is 12.2. The molecule has 33 heavy (non-hydrogen) atoms. The van der Waals surface area contributed by atoms with Gasteiger partial charge in [-0.15, -0.1) is 26.3 Å². The number of nitrogens with two attached hydrogens (primary N) is 1. The molecule has 0 unspecified atom stereocenters. The van der Waals surface area contributed by atoms with E-state index in [1.165, 1.54) is 0 Å². The Hall–Kier alpha value is -4.23. The number of carbonyl (C=O) groups excluding carboxylic acids is 1. The number of pyridine rings is 2. The van der Waals surface area contributed by atoms with E-state index >= 15 is 0 Å². The summed E-state index contributed by atoms with van der Waals surface area (Å²) in [4.78, 5) is 18.7. The zero-order chi connectivity index (χ0) is 24.5. The fourth-order valence-electron chi connectivity index (χ4n) is 2.03. The molecule has 0 spiro atoms. The van der Waals surface area contributed by atoms with Gasteiger partial charge in [0.2, 0.25) is 0 Å². The van der Waals surface area contributed by atoms with Gasteiger partial charge in [-0.05, 0) is 24.3 Å². The molecule has 0 aliphatic rings. The molecule has 1 aromatic carbocycles. The molecule has 0 aliphatic carbocycles. The number of benzene rings is 1. The van der Waals surface area contributed by atoms with Crippen molar-refractivity contribution in [2.24, 2.45) is 0 Å². The number of rotatable bonds is 4. The largest absolute Gasteiger partial charge is 0.573 e. The first-order chi connectivity index (χ1) is 15.4. The Morgan fingerprint density at radius 3 is 1.88 bits per heavy atom. The summed E-state index contributed by atoms with van der Waals surface area (Å²) < 4.78 is 83.2. The van der Waals surface area contributed by atoms with Gasteiger partial charge in [-0.25, -0.2) is 14.8 Å². The molecule has 0 bridgehead atoms. The lowest BCUT2D eigenvalue weighted by molar-refractivity contribution is -0.275. The maximum Gasteiger partial charge on any atom is 0.573 e. The molecule has 1 amide bonds. The van der Waals surface area contributed by atoms with Gasteiger partial charge in [0, 0.05) is 24.5 Å². The third-order valence-corrected chi connectivity index (χ3v) is 3.13. The predicted octanol–water partition coefficient (Wildman–Crippen LogP) is 5.15. The Morgan fingerprint density at radius 1 is 0.788 bits per heavy atom. The molecule has 176 valence electrons. The number of anilines is 2. The van der Waals surface area contributed by atoms with Crippen molar-refractivity contribution in [2.75, 3.05) is 11.1 Å². The number of carbonyl (C=O) groups is 1. The third kappa shape index (κ3) is 10.6. The van der Waals surface area contributed by atoms with Gasteiger partial charge in [0.25, 0.3) is 0 Å². The molecule has 2 aromatic heterocycles. The van der Waals surface area contributed by atoms with Crippen LogP contribution >= 0.6 is 0 Å². The predicted molar refractivity (Wildman–Crippen MR) is 102 cm³/mol. The molecule has 0 aliphatic heterocycles. The average molecular weight is 476 g/mol. The molecule has 3 rings (SSSR count). The maximum atomic E-state index is 12.1. The van der Waals surface area contributed by atoms with Crippen LogP contribution in [-0.2, 0) is 0 Å². The summed E-state index contributed by atoms with van der Waals surface area (Å²) >= 11 is 0. The van der Waals surface area contributed by atoms with Crippen molar-refractivity contribution in [3.8, 4) is 17.2 Å². The zero-order valence-corrected chi connectivity index (χ0v) is 16.2. The van der Waals surface area contributed by atoms with E-state index in [1.54, 1.807) is 30.3 Å². The molecule has 0 fully saturated rings. The lowest BCUT2D eigenvalue weighted by Gasteiger charge is -2.10. The second-order valence-electron chi connectivity index (χ2n) is 5.72. The quantitative estimate of drug-likeness (QED) is 0.501. The summed E-state index contributed by atoms with van der Waals surface area (Å²) in [6.45, 7) is 0. The van der Waals surface area contributed by atoms with Crippen LogP contribution in [-0.4, -0.2) is 28.8 Å². The van der Waals surface area contributed by atoms with Crippen LogP contribution in [0, 0.1) is 0 Å². The number of aromatic nitrogens is 2. The molecule has 8 nitrogen and oxygen atoms in total. The number of alkyl halides is 6. The molecular formula is C19H14F6N4O4. The Balaban J connectivity index is 0.000000273. The fourth-order valence-corrected chi connectivity index (χ4v) is 2.03. The molecular weight excluding hydrogens is 462 g/mol. The van der Waals surface area contributed by atoms with Gasteiger partial charge < -0.3 is 19.9 Å². The van der Waals surface area contributed by atoms with Gasteiger partial charge in [-0.1, -0.05) is 18.2 Å². The van der Waals surface area contributed by atoms with Gasteiger partial charge in [-0.2, -0.15) is 0 Å². The van der Waals surface area contributed by atoms with E-state index in [1.807, 2.05) is 0 Å². The van der Waals surface area contributed by atoms with Crippen molar-refractivity contribution in [1.29, 1.82) is 0 Å². The minimum absolute atomic E-state index is 0.0169. The van der Waals surface area contributed by atoms with E-state index in [4.69, 9.17) is 10.5 Å². The van der Waals surface area contributed by atoms with E-state index < -0.39 is 24.6 Å². The van der Waals surface area contributed by atoms with Crippen LogP contribution in [0.1, 0.15) is 0 Å². The average Bonchev–Trinajstić information content (AvgIpc) is 2.67. The van der Waals surface area contributed by atoms with E-state index in [2.05, 4.69) is 24.8 Å². The Morgan fingerprint density at radius 2 is 1.33 bits per heavy atom. The van der Waals surface area contributed by atoms with Crippen molar-refractivity contribution in [3.63, 3.8) is 0 Å².